The second-order valence-electron chi connectivity index (χ2n) is 3.21. The Balaban J connectivity index is 2.49. The molecule has 0 spiro atoms. The molecule has 0 unspecified atom stereocenters. The first-order valence-corrected chi connectivity index (χ1v) is 4.24. The minimum atomic E-state index is -0.968. The van der Waals surface area contributed by atoms with E-state index in [2.05, 4.69) is 0 Å². The fourth-order valence-corrected chi connectivity index (χ4v) is 1.20. The van der Waals surface area contributed by atoms with Crippen molar-refractivity contribution in [3.63, 3.8) is 0 Å². The van der Waals surface area contributed by atoms with E-state index in [1.165, 1.54) is 9.80 Å². The number of likely N-dealkylation sites (N-methyl/N-ethyl adjacent to an activating group) is 1. The normalized spacial score (nSPS) is 17.5. The molecular weight excluding hydrogens is 188 g/mol. The lowest BCUT2D eigenvalue weighted by molar-refractivity contribution is -0.149. The van der Waals surface area contributed by atoms with Crippen LogP contribution in [-0.4, -0.2) is 59.4 Å². The van der Waals surface area contributed by atoms with Crippen molar-refractivity contribution in [2.75, 3.05) is 26.7 Å². The maximum Gasteiger partial charge on any atom is 0.305 e. The van der Waals surface area contributed by atoms with E-state index in [4.69, 9.17) is 5.11 Å². The van der Waals surface area contributed by atoms with Gasteiger partial charge in [0, 0.05) is 13.6 Å². The number of nitrogens with zero attached hydrogens (tertiary/aromatic N) is 2. The molecular formula is C8H12N2O4. The third-order valence-electron chi connectivity index (χ3n) is 2.07. The summed E-state index contributed by atoms with van der Waals surface area (Å²) in [4.78, 5) is 35.3. The number of aliphatic carboxylic acids is 1. The number of hydrogen-bond acceptors (Lipinski definition) is 3. The van der Waals surface area contributed by atoms with E-state index in [9.17, 15) is 14.4 Å². The molecule has 6 nitrogen and oxygen atoms in total. The number of carboxylic acid groups (broad SMARTS) is 1. The lowest BCUT2D eigenvalue weighted by Crippen LogP contribution is -2.52. The lowest BCUT2D eigenvalue weighted by atomic mass is 10.3. The van der Waals surface area contributed by atoms with Gasteiger partial charge in [0.1, 0.15) is 0 Å². The Morgan fingerprint density at radius 2 is 2.00 bits per heavy atom. The molecule has 0 saturated carbocycles. The van der Waals surface area contributed by atoms with Crippen molar-refractivity contribution in [2.24, 2.45) is 0 Å². The zero-order chi connectivity index (χ0) is 10.7. The highest BCUT2D eigenvalue weighted by Gasteiger charge is 2.27. The summed E-state index contributed by atoms with van der Waals surface area (Å²) in [5.74, 6) is -1.33. The van der Waals surface area contributed by atoms with E-state index in [0.717, 1.165) is 0 Å². The van der Waals surface area contributed by atoms with Crippen molar-refractivity contribution < 1.29 is 19.5 Å². The number of carboxylic acids is 1. The van der Waals surface area contributed by atoms with Gasteiger partial charge in [0.25, 0.3) is 0 Å². The largest absolute Gasteiger partial charge is 0.481 e. The smallest absolute Gasteiger partial charge is 0.305 e. The zero-order valence-electron chi connectivity index (χ0n) is 7.89. The van der Waals surface area contributed by atoms with Crippen LogP contribution in [0.3, 0.4) is 0 Å². The van der Waals surface area contributed by atoms with Crippen molar-refractivity contribution >= 4 is 17.8 Å². The van der Waals surface area contributed by atoms with Gasteiger partial charge in [-0.25, -0.2) is 0 Å². The predicted octanol–water partition coefficient (Wildman–Crippen LogP) is -1.24. The van der Waals surface area contributed by atoms with Crippen LogP contribution in [0.4, 0.5) is 0 Å². The third kappa shape index (κ3) is 2.45. The Labute approximate surface area is 81.1 Å². The summed E-state index contributed by atoms with van der Waals surface area (Å²) in [6, 6.07) is 0. The van der Waals surface area contributed by atoms with Gasteiger partial charge in [-0.15, -0.1) is 0 Å². The molecule has 1 heterocycles. The Hall–Kier alpha value is -1.59. The molecule has 1 fully saturated rings. The highest BCUT2D eigenvalue weighted by molar-refractivity contribution is 5.92. The molecule has 0 atom stereocenters. The van der Waals surface area contributed by atoms with E-state index < -0.39 is 5.97 Å². The number of carbonyl (C=O) groups is 3. The molecule has 78 valence electrons. The van der Waals surface area contributed by atoms with Crippen LogP contribution in [0.2, 0.25) is 0 Å². The fourth-order valence-electron chi connectivity index (χ4n) is 1.20. The number of piperazine rings is 1. The summed E-state index contributed by atoms with van der Waals surface area (Å²) in [5, 5.41) is 8.41. The average Bonchev–Trinajstić information content (AvgIpc) is 2.09. The standard InChI is InChI=1S/C8H12N2O4/c1-9-4-7(12)10(5-6(9)11)3-2-8(13)14/h2-5H2,1H3,(H,13,14). The molecule has 14 heavy (non-hydrogen) atoms. The Bertz CT molecular complexity index is 277. The van der Waals surface area contributed by atoms with Gasteiger partial charge in [-0.05, 0) is 0 Å². The van der Waals surface area contributed by atoms with Gasteiger partial charge < -0.3 is 14.9 Å². The lowest BCUT2D eigenvalue weighted by Gasteiger charge is -2.31. The molecule has 2 amide bonds. The Morgan fingerprint density at radius 3 is 2.57 bits per heavy atom. The van der Waals surface area contributed by atoms with Crippen LogP contribution in [0, 0.1) is 0 Å². The van der Waals surface area contributed by atoms with Gasteiger partial charge >= 0.3 is 5.97 Å². The van der Waals surface area contributed by atoms with Crippen LogP contribution in [0.1, 0.15) is 6.42 Å². The highest BCUT2D eigenvalue weighted by atomic mass is 16.4. The molecule has 0 aromatic heterocycles. The van der Waals surface area contributed by atoms with Crippen LogP contribution < -0.4 is 0 Å². The summed E-state index contributed by atoms with van der Waals surface area (Å²) in [6.07, 6.45) is -0.122. The maximum absolute atomic E-state index is 11.3. The van der Waals surface area contributed by atoms with E-state index >= 15 is 0 Å². The topological polar surface area (TPSA) is 77.9 Å². The molecule has 0 aromatic carbocycles. The van der Waals surface area contributed by atoms with Gasteiger partial charge in [0.15, 0.2) is 0 Å². The van der Waals surface area contributed by atoms with Crippen LogP contribution in [-0.2, 0) is 14.4 Å². The first-order valence-electron chi connectivity index (χ1n) is 4.24. The van der Waals surface area contributed by atoms with Crippen molar-refractivity contribution in [1.82, 2.24) is 9.80 Å². The average molecular weight is 200 g/mol. The Morgan fingerprint density at radius 1 is 1.36 bits per heavy atom. The van der Waals surface area contributed by atoms with Crippen LogP contribution >= 0.6 is 0 Å². The number of hydrogen-bond donors (Lipinski definition) is 1. The molecule has 1 saturated heterocycles. The molecule has 1 aliphatic rings. The molecule has 6 heteroatoms. The number of amides is 2. The maximum atomic E-state index is 11.3. The second-order valence-corrected chi connectivity index (χ2v) is 3.21. The van der Waals surface area contributed by atoms with Crippen molar-refractivity contribution in [3.05, 3.63) is 0 Å². The minimum absolute atomic E-state index is 0.0113. The Kier molecular flexibility index (Phi) is 3.06. The van der Waals surface area contributed by atoms with Crippen LogP contribution in [0.25, 0.3) is 0 Å². The van der Waals surface area contributed by atoms with E-state index in [-0.39, 0.29) is 37.9 Å². The highest BCUT2D eigenvalue weighted by Crippen LogP contribution is 2.03. The molecule has 0 bridgehead atoms. The predicted molar refractivity (Wildman–Crippen MR) is 46.5 cm³/mol. The summed E-state index contributed by atoms with van der Waals surface area (Å²) < 4.78 is 0. The van der Waals surface area contributed by atoms with Crippen molar-refractivity contribution in [1.29, 1.82) is 0 Å². The molecule has 0 aliphatic carbocycles. The van der Waals surface area contributed by atoms with Crippen molar-refractivity contribution in [2.45, 2.75) is 6.42 Å². The minimum Gasteiger partial charge on any atom is -0.481 e. The zero-order valence-corrected chi connectivity index (χ0v) is 7.89. The fraction of sp³-hybridized carbons (Fsp3) is 0.625. The van der Waals surface area contributed by atoms with Gasteiger partial charge in [0.05, 0.1) is 19.5 Å². The summed E-state index contributed by atoms with van der Waals surface area (Å²) >= 11 is 0. The third-order valence-corrected chi connectivity index (χ3v) is 2.07. The van der Waals surface area contributed by atoms with E-state index in [1.54, 1.807) is 7.05 Å². The number of carbonyl (C=O) groups excluding carboxylic acids is 2. The first-order chi connectivity index (χ1) is 6.50. The van der Waals surface area contributed by atoms with Crippen LogP contribution in [0.5, 0.6) is 0 Å². The molecule has 1 rings (SSSR count). The van der Waals surface area contributed by atoms with Crippen molar-refractivity contribution in [3.8, 4) is 0 Å². The quantitative estimate of drug-likeness (QED) is 0.618. The number of rotatable bonds is 3. The van der Waals surface area contributed by atoms with Gasteiger partial charge in [0.2, 0.25) is 11.8 Å². The summed E-state index contributed by atoms with van der Waals surface area (Å²) in [7, 11) is 1.55. The first kappa shape index (κ1) is 10.5. The molecule has 1 aliphatic heterocycles. The molecule has 0 radical (unpaired) electrons. The van der Waals surface area contributed by atoms with Crippen LogP contribution in [0.15, 0.2) is 0 Å². The SMILES string of the molecule is CN1CC(=O)N(CCC(=O)O)CC1=O. The van der Waals surface area contributed by atoms with Gasteiger partial charge in [-0.3, -0.25) is 14.4 Å². The second kappa shape index (κ2) is 4.08. The van der Waals surface area contributed by atoms with Gasteiger partial charge in [-0.1, -0.05) is 0 Å². The van der Waals surface area contributed by atoms with E-state index in [0.29, 0.717) is 0 Å². The molecule has 1 N–H and O–H groups in total. The monoisotopic (exact) mass is 200 g/mol. The summed E-state index contributed by atoms with van der Waals surface area (Å²) in [5.41, 5.74) is 0. The van der Waals surface area contributed by atoms with E-state index in [1.807, 2.05) is 0 Å². The van der Waals surface area contributed by atoms with Gasteiger partial charge in [-0.2, -0.15) is 0 Å². The summed E-state index contributed by atoms with van der Waals surface area (Å²) in [6.45, 7) is 0.134. The molecule has 0 aromatic rings.